The van der Waals surface area contributed by atoms with E-state index in [9.17, 15) is 0 Å². The Bertz CT molecular complexity index is 540. The summed E-state index contributed by atoms with van der Waals surface area (Å²) in [5, 5.41) is 0. The molecule has 0 fully saturated rings. The van der Waals surface area contributed by atoms with E-state index in [0.717, 1.165) is 18.6 Å². The number of aromatic nitrogens is 1. The van der Waals surface area contributed by atoms with Crippen molar-refractivity contribution in [2.24, 2.45) is 0 Å². The number of aryl methyl sites for hydroxylation is 1. The van der Waals surface area contributed by atoms with Crippen LogP contribution in [0.4, 0.5) is 0 Å². The highest BCUT2D eigenvalue weighted by Gasteiger charge is 2.19. The summed E-state index contributed by atoms with van der Waals surface area (Å²) in [6.45, 7) is 4.40. The lowest BCUT2D eigenvalue weighted by molar-refractivity contribution is 0.578. The molecular formula is C16H19NO. The molecule has 0 amide bonds. The van der Waals surface area contributed by atoms with Crippen molar-refractivity contribution in [1.29, 1.82) is 0 Å². The molecule has 2 aromatic heterocycles. The lowest BCUT2D eigenvalue weighted by atomic mass is 9.89. The number of pyridine rings is 1. The molecule has 0 radical (unpaired) electrons. The quantitative estimate of drug-likeness (QED) is 0.781. The molecule has 0 saturated heterocycles. The fraction of sp³-hybridized carbons (Fsp3) is 0.438. The number of hydrogen-bond donors (Lipinski definition) is 0. The second-order valence-corrected chi connectivity index (χ2v) is 5.36. The topological polar surface area (TPSA) is 26.0 Å². The molecule has 2 heteroatoms. The van der Waals surface area contributed by atoms with Crippen LogP contribution in [0.3, 0.4) is 0 Å². The second kappa shape index (κ2) is 4.60. The number of nitrogens with zero attached hydrogens (tertiary/aromatic N) is 1. The Balaban J connectivity index is 2.18. The molecule has 2 heterocycles. The van der Waals surface area contributed by atoms with Gasteiger partial charge in [-0.2, -0.15) is 0 Å². The number of furan rings is 1. The van der Waals surface area contributed by atoms with E-state index in [1.165, 1.54) is 35.4 Å². The zero-order chi connectivity index (χ0) is 12.5. The van der Waals surface area contributed by atoms with Crippen molar-refractivity contribution < 1.29 is 4.42 Å². The Morgan fingerprint density at radius 3 is 2.78 bits per heavy atom. The van der Waals surface area contributed by atoms with Crippen molar-refractivity contribution in [3.8, 4) is 11.3 Å². The van der Waals surface area contributed by atoms with Crippen LogP contribution in [0.15, 0.2) is 28.9 Å². The summed E-state index contributed by atoms with van der Waals surface area (Å²) >= 11 is 0. The van der Waals surface area contributed by atoms with Gasteiger partial charge in [0.05, 0.1) is 6.26 Å². The summed E-state index contributed by atoms with van der Waals surface area (Å²) in [6, 6.07) is 6.22. The standard InChI is InChI=1S/C16H19NO/c1-11(2)15-10-13(16-8-5-9-18-16)12-6-3-4-7-14(12)17-15/h5,8-11H,3-4,6-7H2,1-2H3. The summed E-state index contributed by atoms with van der Waals surface area (Å²) < 4.78 is 5.59. The first-order valence-corrected chi connectivity index (χ1v) is 6.82. The van der Waals surface area contributed by atoms with Crippen LogP contribution in [-0.4, -0.2) is 4.98 Å². The third-order valence-electron chi connectivity index (χ3n) is 3.70. The van der Waals surface area contributed by atoms with Gasteiger partial charge in [0.25, 0.3) is 0 Å². The van der Waals surface area contributed by atoms with Crippen LogP contribution in [0.5, 0.6) is 0 Å². The van der Waals surface area contributed by atoms with Gasteiger partial charge < -0.3 is 4.42 Å². The zero-order valence-corrected chi connectivity index (χ0v) is 11.1. The molecule has 0 aromatic carbocycles. The normalized spacial score (nSPS) is 14.8. The number of rotatable bonds is 2. The summed E-state index contributed by atoms with van der Waals surface area (Å²) in [5.41, 5.74) is 5.13. The van der Waals surface area contributed by atoms with E-state index in [-0.39, 0.29) is 0 Å². The predicted octanol–water partition coefficient (Wildman–Crippen LogP) is 4.34. The molecule has 2 nitrogen and oxygen atoms in total. The van der Waals surface area contributed by atoms with Crippen LogP contribution in [0.25, 0.3) is 11.3 Å². The van der Waals surface area contributed by atoms with Gasteiger partial charge in [-0.25, -0.2) is 0 Å². The molecule has 1 aliphatic carbocycles. The van der Waals surface area contributed by atoms with Crippen LogP contribution < -0.4 is 0 Å². The molecule has 2 aromatic rings. The molecule has 3 rings (SSSR count). The average molecular weight is 241 g/mol. The van der Waals surface area contributed by atoms with Crippen molar-refractivity contribution in [1.82, 2.24) is 4.98 Å². The van der Waals surface area contributed by atoms with Crippen LogP contribution in [0.1, 0.15) is 49.6 Å². The van der Waals surface area contributed by atoms with Gasteiger partial charge in [-0.05, 0) is 55.4 Å². The maximum absolute atomic E-state index is 5.59. The van der Waals surface area contributed by atoms with E-state index < -0.39 is 0 Å². The molecule has 0 aliphatic heterocycles. The molecule has 0 bridgehead atoms. The minimum absolute atomic E-state index is 0.464. The van der Waals surface area contributed by atoms with Crippen molar-refractivity contribution in [2.45, 2.75) is 45.4 Å². The van der Waals surface area contributed by atoms with E-state index in [0.29, 0.717) is 5.92 Å². The molecule has 0 unspecified atom stereocenters. The average Bonchev–Trinajstić information content (AvgIpc) is 2.91. The molecule has 94 valence electrons. The lowest BCUT2D eigenvalue weighted by Gasteiger charge is -2.20. The maximum atomic E-state index is 5.59. The van der Waals surface area contributed by atoms with Gasteiger partial charge in [0.1, 0.15) is 5.76 Å². The third kappa shape index (κ3) is 1.96. The molecule has 0 atom stereocenters. The zero-order valence-electron chi connectivity index (χ0n) is 11.1. The van der Waals surface area contributed by atoms with Crippen molar-refractivity contribution in [3.05, 3.63) is 41.4 Å². The van der Waals surface area contributed by atoms with Crippen LogP contribution >= 0.6 is 0 Å². The lowest BCUT2D eigenvalue weighted by Crippen LogP contribution is -2.09. The highest BCUT2D eigenvalue weighted by Crippen LogP contribution is 2.33. The fourth-order valence-corrected chi connectivity index (χ4v) is 2.67. The Labute approximate surface area is 108 Å². The highest BCUT2D eigenvalue weighted by molar-refractivity contribution is 5.64. The first kappa shape index (κ1) is 11.5. The molecule has 18 heavy (non-hydrogen) atoms. The van der Waals surface area contributed by atoms with Crippen LogP contribution in [-0.2, 0) is 12.8 Å². The smallest absolute Gasteiger partial charge is 0.134 e. The van der Waals surface area contributed by atoms with E-state index in [1.807, 2.05) is 12.1 Å². The third-order valence-corrected chi connectivity index (χ3v) is 3.70. The maximum Gasteiger partial charge on any atom is 0.134 e. The molecule has 1 aliphatic rings. The second-order valence-electron chi connectivity index (χ2n) is 5.36. The van der Waals surface area contributed by atoms with Crippen LogP contribution in [0, 0.1) is 0 Å². The summed E-state index contributed by atoms with van der Waals surface area (Å²) in [7, 11) is 0. The summed E-state index contributed by atoms with van der Waals surface area (Å²) in [5.74, 6) is 1.45. The van der Waals surface area contributed by atoms with Crippen molar-refractivity contribution in [3.63, 3.8) is 0 Å². The van der Waals surface area contributed by atoms with Gasteiger partial charge in [-0.1, -0.05) is 13.8 Å². The first-order valence-electron chi connectivity index (χ1n) is 6.82. The Morgan fingerprint density at radius 1 is 1.22 bits per heavy atom. The largest absolute Gasteiger partial charge is 0.464 e. The number of hydrogen-bond acceptors (Lipinski definition) is 2. The van der Waals surface area contributed by atoms with Gasteiger partial charge in [0.15, 0.2) is 0 Å². The van der Waals surface area contributed by atoms with Gasteiger partial charge in [-0.3, -0.25) is 4.98 Å². The first-order chi connectivity index (χ1) is 8.75. The fourth-order valence-electron chi connectivity index (χ4n) is 2.67. The highest BCUT2D eigenvalue weighted by atomic mass is 16.3. The monoisotopic (exact) mass is 241 g/mol. The van der Waals surface area contributed by atoms with Gasteiger partial charge in [0, 0.05) is 17.0 Å². The van der Waals surface area contributed by atoms with E-state index in [1.54, 1.807) is 6.26 Å². The SMILES string of the molecule is CC(C)c1cc(-c2ccco2)c2c(n1)CCCC2. The van der Waals surface area contributed by atoms with E-state index in [4.69, 9.17) is 9.40 Å². The Kier molecular flexibility index (Phi) is 2.94. The summed E-state index contributed by atoms with van der Waals surface area (Å²) in [6.07, 6.45) is 6.53. The Morgan fingerprint density at radius 2 is 2.06 bits per heavy atom. The van der Waals surface area contributed by atoms with Crippen molar-refractivity contribution >= 4 is 0 Å². The predicted molar refractivity (Wildman–Crippen MR) is 72.7 cm³/mol. The number of fused-ring (bicyclic) bond motifs is 1. The van der Waals surface area contributed by atoms with Gasteiger partial charge in [0.2, 0.25) is 0 Å². The van der Waals surface area contributed by atoms with Gasteiger partial charge >= 0.3 is 0 Å². The van der Waals surface area contributed by atoms with Crippen LogP contribution in [0.2, 0.25) is 0 Å². The molecule has 0 N–H and O–H groups in total. The van der Waals surface area contributed by atoms with E-state index in [2.05, 4.69) is 19.9 Å². The molecule has 0 spiro atoms. The molecular weight excluding hydrogens is 222 g/mol. The summed E-state index contributed by atoms with van der Waals surface area (Å²) in [4.78, 5) is 4.84. The minimum atomic E-state index is 0.464. The Hall–Kier alpha value is -1.57. The minimum Gasteiger partial charge on any atom is -0.464 e. The van der Waals surface area contributed by atoms with Gasteiger partial charge in [-0.15, -0.1) is 0 Å². The molecule has 0 saturated carbocycles. The van der Waals surface area contributed by atoms with Crippen molar-refractivity contribution in [2.75, 3.05) is 0 Å². The van der Waals surface area contributed by atoms with E-state index >= 15 is 0 Å².